The number of aliphatic hydroxyl groups excluding tert-OH is 1. The van der Waals surface area contributed by atoms with E-state index >= 15 is 0 Å². The van der Waals surface area contributed by atoms with Gasteiger partial charge < -0.3 is 14.6 Å². The third kappa shape index (κ3) is 5.31. The maximum absolute atomic E-state index is 13.4. The predicted molar refractivity (Wildman–Crippen MR) is 65.2 cm³/mol. The van der Waals surface area contributed by atoms with Crippen molar-refractivity contribution >= 4 is 5.97 Å². The average Bonchev–Trinajstić information content (AvgIpc) is 2.42. The molecule has 1 N–H and O–H groups in total. The van der Waals surface area contributed by atoms with E-state index in [0.29, 0.717) is 0 Å². The normalized spacial score (nSPS) is 9.90. The Morgan fingerprint density at radius 2 is 1.33 bits per heavy atom. The highest BCUT2D eigenvalue weighted by molar-refractivity contribution is 5.65. The Labute approximate surface area is 119 Å². The number of ether oxygens (including phenoxy) is 2. The smallest absolute Gasteiger partial charge is 0.302 e. The number of hydrogen-bond acceptors (Lipinski definition) is 4. The Morgan fingerprint density at radius 1 is 1.00 bits per heavy atom. The predicted octanol–water partition coefficient (Wildman–Crippen LogP) is 2.45. The van der Waals surface area contributed by atoms with Crippen LogP contribution in [-0.2, 0) is 27.5 Å². The lowest BCUT2D eigenvalue weighted by atomic mass is 10.1. The number of hydrogen-bond donors (Lipinski definition) is 1. The lowest BCUT2D eigenvalue weighted by Gasteiger charge is -2.11. The number of carbonyl (C=O) groups is 1. The van der Waals surface area contributed by atoms with Crippen LogP contribution in [0.1, 0.15) is 25.0 Å². The Hall–Kier alpha value is -1.67. The van der Waals surface area contributed by atoms with Crippen molar-refractivity contribution in [2.45, 2.75) is 27.1 Å². The lowest BCUT2D eigenvalue weighted by Crippen LogP contribution is -2.11. The molecule has 0 amide bonds. The summed E-state index contributed by atoms with van der Waals surface area (Å²) in [7, 11) is 1.13. The van der Waals surface area contributed by atoms with Crippen LogP contribution in [0.4, 0.5) is 17.6 Å². The van der Waals surface area contributed by atoms with Gasteiger partial charge in [0, 0.05) is 20.6 Å². The first-order valence-corrected chi connectivity index (χ1v) is 5.88. The first kappa shape index (κ1) is 19.3. The minimum atomic E-state index is -1.60. The summed E-state index contributed by atoms with van der Waals surface area (Å²) in [5.74, 6) is -7.13. The summed E-state index contributed by atoms with van der Waals surface area (Å²) in [6.07, 6.45) is 0. The summed E-state index contributed by atoms with van der Waals surface area (Å²) in [4.78, 5) is 10.5. The average molecular weight is 312 g/mol. The molecule has 0 aromatic heterocycles. The van der Waals surface area contributed by atoms with E-state index in [0.717, 1.165) is 14.0 Å². The van der Waals surface area contributed by atoms with Crippen LogP contribution in [0.5, 0.6) is 0 Å². The van der Waals surface area contributed by atoms with Gasteiger partial charge in [-0.05, 0) is 6.92 Å². The molecule has 1 rings (SSSR count). The second kappa shape index (κ2) is 9.30. The monoisotopic (exact) mass is 312 g/mol. The van der Waals surface area contributed by atoms with E-state index in [1.165, 1.54) is 0 Å². The molecule has 0 aliphatic carbocycles. The molecule has 0 saturated heterocycles. The van der Waals surface area contributed by atoms with E-state index in [9.17, 15) is 22.4 Å². The van der Waals surface area contributed by atoms with Gasteiger partial charge in [0.1, 0.15) is 6.61 Å². The quantitative estimate of drug-likeness (QED) is 0.527. The number of esters is 1. The number of rotatable bonds is 4. The topological polar surface area (TPSA) is 55.8 Å². The molecule has 0 unspecified atom stereocenters. The van der Waals surface area contributed by atoms with E-state index in [2.05, 4.69) is 9.47 Å². The standard InChI is InChI=1S/C11H10F4O3.C2H6O/c1-5(16)18-4-7-10(14)8(12)6(3-17-2)9(13)11(7)15;1-2-3/h3-4H2,1-2H3;3H,2H2,1H3. The van der Waals surface area contributed by atoms with Crippen molar-refractivity contribution in [2.24, 2.45) is 0 Å². The summed E-state index contributed by atoms with van der Waals surface area (Å²) in [5, 5.41) is 7.57. The van der Waals surface area contributed by atoms with Gasteiger partial charge in [-0.1, -0.05) is 0 Å². The van der Waals surface area contributed by atoms with E-state index in [4.69, 9.17) is 5.11 Å². The van der Waals surface area contributed by atoms with Crippen LogP contribution in [0.3, 0.4) is 0 Å². The number of methoxy groups -OCH3 is 1. The van der Waals surface area contributed by atoms with Gasteiger partial charge in [-0.3, -0.25) is 4.79 Å². The number of halogens is 4. The van der Waals surface area contributed by atoms with Crippen molar-refractivity contribution in [1.82, 2.24) is 0 Å². The van der Waals surface area contributed by atoms with Crippen LogP contribution < -0.4 is 0 Å². The van der Waals surface area contributed by atoms with Crippen LogP contribution in [0.25, 0.3) is 0 Å². The number of benzene rings is 1. The molecule has 0 atom stereocenters. The Morgan fingerprint density at radius 3 is 1.62 bits per heavy atom. The molecule has 0 aliphatic heterocycles. The molecule has 4 nitrogen and oxygen atoms in total. The lowest BCUT2D eigenvalue weighted by molar-refractivity contribution is -0.142. The van der Waals surface area contributed by atoms with Gasteiger partial charge in [0.2, 0.25) is 0 Å². The second-order valence-electron chi connectivity index (χ2n) is 3.74. The van der Waals surface area contributed by atoms with Crippen LogP contribution in [0.2, 0.25) is 0 Å². The first-order valence-electron chi connectivity index (χ1n) is 5.88. The molecule has 0 radical (unpaired) electrons. The van der Waals surface area contributed by atoms with Crippen molar-refractivity contribution < 1.29 is 36.9 Å². The van der Waals surface area contributed by atoms with E-state index < -0.39 is 53.6 Å². The highest BCUT2D eigenvalue weighted by Crippen LogP contribution is 2.25. The SMILES string of the molecule is CCO.COCc1c(F)c(F)c(COC(C)=O)c(F)c1F. The van der Waals surface area contributed by atoms with Gasteiger partial charge in [-0.25, -0.2) is 17.6 Å². The van der Waals surface area contributed by atoms with Crippen molar-refractivity contribution in [3.05, 3.63) is 34.4 Å². The summed E-state index contributed by atoms with van der Waals surface area (Å²) in [5.41, 5.74) is -1.82. The molecule has 0 fully saturated rings. The molecule has 1 aromatic rings. The van der Waals surface area contributed by atoms with Gasteiger partial charge in [-0.2, -0.15) is 0 Å². The summed E-state index contributed by atoms with van der Waals surface area (Å²) in [6.45, 7) is 1.44. The third-order valence-corrected chi connectivity index (χ3v) is 2.15. The zero-order valence-corrected chi connectivity index (χ0v) is 11.8. The minimum absolute atomic E-state index is 0.250. The maximum Gasteiger partial charge on any atom is 0.302 e. The summed E-state index contributed by atoms with van der Waals surface area (Å²) >= 11 is 0. The van der Waals surface area contributed by atoms with Crippen molar-refractivity contribution in [2.75, 3.05) is 13.7 Å². The fourth-order valence-corrected chi connectivity index (χ4v) is 1.29. The van der Waals surface area contributed by atoms with Crippen LogP contribution >= 0.6 is 0 Å². The molecule has 0 heterocycles. The summed E-state index contributed by atoms with van der Waals surface area (Å²) in [6, 6.07) is 0. The molecule has 0 saturated carbocycles. The Balaban J connectivity index is 0.00000122. The minimum Gasteiger partial charge on any atom is -0.461 e. The third-order valence-electron chi connectivity index (χ3n) is 2.15. The molecule has 8 heteroatoms. The van der Waals surface area contributed by atoms with Crippen molar-refractivity contribution in [3.63, 3.8) is 0 Å². The van der Waals surface area contributed by atoms with Crippen LogP contribution in [0.15, 0.2) is 0 Å². The fraction of sp³-hybridized carbons (Fsp3) is 0.462. The fourth-order valence-electron chi connectivity index (χ4n) is 1.29. The molecule has 120 valence electrons. The second-order valence-corrected chi connectivity index (χ2v) is 3.74. The van der Waals surface area contributed by atoms with Gasteiger partial charge in [0.15, 0.2) is 23.3 Å². The first-order chi connectivity index (χ1) is 9.81. The maximum atomic E-state index is 13.4. The van der Waals surface area contributed by atoms with Gasteiger partial charge in [0.05, 0.1) is 17.7 Å². The van der Waals surface area contributed by atoms with E-state index in [-0.39, 0.29) is 6.61 Å². The molecule has 0 bridgehead atoms. The van der Waals surface area contributed by atoms with Gasteiger partial charge in [-0.15, -0.1) is 0 Å². The van der Waals surface area contributed by atoms with E-state index in [1.54, 1.807) is 6.92 Å². The van der Waals surface area contributed by atoms with Gasteiger partial charge in [0.25, 0.3) is 0 Å². The van der Waals surface area contributed by atoms with Crippen LogP contribution in [0, 0.1) is 23.3 Å². The Kier molecular flexibility index (Phi) is 8.56. The van der Waals surface area contributed by atoms with Crippen molar-refractivity contribution in [3.8, 4) is 0 Å². The van der Waals surface area contributed by atoms with Crippen LogP contribution in [-0.4, -0.2) is 24.8 Å². The molecular weight excluding hydrogens is 296 g/mol. The van der Waals surface area contributed by atoms with Gasteiger partial charge >= 0.3 is 5.97 Å². The summed E-state index contributed by atoms with van der Waals surface area (Å²) < 4.78 is 62.5. The highest BCUT2D eigenvalue weighted by Gasteiger charge is 2.25. The zero-order chi connectivity index (χ0) is 16.6. The molecule has 0 aliphatic rings. The van der Waals surface area contributed by atoms with E-state index in [1.807, 2.05) is 0 Å². The molecule has 21 heavy (non-hydrogen) atoms. The van der Waals surface area contributed by atoms with Crippen molar-refractivity contribution in [1.29, 1.82) is 0 Å². The number of carbonyl (C=O) groups excluding carboxylic acids is 1. The molecule has 1 aromatic carbocycles. The molecule has 0 spiro atoms. The Bertz CT molecular complexity index is 463. The zero-order valence-electron chi connectivity index (χ0n) is 11.8. The largest absolute Gasteiger partial charge is 0.461 e. The highest BCUT2D eigenvalue weighted by atomic mass is 19.2. The molecular formula is C13H16F4O4. The number of aliphatic hydroxyl groups is 1.